The topological polar surface area (TPSA) is 90.8 Å². The number of fused-ring (bicyclic) bond motifs is 1. The highest BCUT2D eigenvalue weighted by molar-refractivity contribution is 6.19. The fourth-order valence-electron chi connectivity index (χ4n) is 4.29. The van der Waals surface area contributed by atoms with Gasteiger partial charge < -0.3 is 4.98 Å². The summed E-state index contributed by atoms with van der Waals surface area (Å²) in [5, 5.41) is 10.3. The van der Waals surface area contributed by atoms with Crippen LogP contribution in [0, 0.1) is 41.4 Å². The molecule has 0 saturated heterocycles. The molecule has 1 fully saturated rings. The molecule has 0 amide bonds. The van der Waals surface area contributed by atoms with E-state index < -0.39 is 23.0 Å². The number of nitriles is 1. The summed E-state index contributed by atoms with van der Waals surface area (Å²) in [6, 6.07) is 9.26. The first kappa shape index (κ1) is 18.1. The normalized spacial score (nSPS) is 22.3. The molecule has 1 saturated carbocycles. The van der Waals surface area contributed by atoms with Gasteiger partial charge in [-0.05, 0) is 31.7 Å². The van der Waals surface area contributed by atoms with Gasteiger partial charge in [-0.1, -0.05) is 32.0 Å². The molecule has 1 unspecified atom stereocenters. The largest absolute Gasteiger partial charge is 0.358 e. The van der Waals surface area contributed by atoms with Crippen LogP contribution in [0.4, 0.5) is 0 Å². The molecule has 1 aromatic heterocycles. The molecule has 26 heavy (non-hydrogen) atoms. The number of aryl methyl sites for hydroxylation is 1. The van der Waals surface area contributed by atoms with E-state index in [0.717, 1.165) is 10.9 Å². The van der Waals surface area contributed by atoms with Crippen molar-refractivity contribution in [1.29, 1.82) is 5.26 Å². The van der Waals surface area contributed by atoms with Crippen LogP contribution in [0.3, 0.4) is 0 Å². The number of para-hydroxylation sites is 1. The number of hydrogen-bond donors (Lipinski definition) is 1. The number of hydrogen-bond acceptors (Lipinski definition) is 4. The van der Waals surface area contributed by atoms with Gasteiger partial charge in [0, 0.05) is 34.0 Å². The molecule has 3 atom stereocenters. The maximum absolute atomic E-state index is 13.1. The van der Waals surface area contributed by atoms with E-state index in [1.807, 2.05) is 44.2 Å². The Morgan fingerprint density at radius 3 is 2.46 bits per heavy atom. The molecular weight excluding hydrogens is 328 g/mol. The molecule has 0 aliphatic heterocycles. The van der Waals surface area contributed by atoms with Crippen LogP contribution in [0.25, 0.3) is 10.9 Å². The summed E-state index contributed by atoms with van der Waals surface area (Å²) in [7, 11) is 0. The second-order valence-electron chi connectivity index (χ2n) is 7.77. The van der Waals surface area contributed by atoms with E-state index in [2.05, 4.69) is 4.98 Å². The minimum atomic E-state index is -1.34. The first-order valence-electron chi connectivity index (χ1n) is 8.75. The van der Waals surface area contributed by atoms with Crippen molar-refractivity contribution < 1.29 is 14.4 Å². The van der Waals surface area contributed by atoms with Crippen molar-refractivity contribution in [2.24, 2.45) is 23.2 Å². The third-order valence-electron chi connectivity index (χ3n) is 5.92. The molecule has 3 rings (SSSR count). The fourth-order valence-corrected chi connectivity index (χ4v) is 4.29. The minimum absolute atomic E-state index is 0.0476. The minimum Gasteiger partial charge on any atom is -0.358 e. The maximum atomic E-state index is 13.1. The first-order valence-corrected chi connectivity index (χ1v) is 8.75. The lowest BCUT2D eigenvalue weighted by Gasteiger charge is -2.50. The number of rotatable bonds is 5. The van der Waals surface area contributed by atoms with Crippen LogP contribution in [0.2, 0.25) is 0 Å². The van der Waals surface area contributed by atoms with E-state index in [-0.39, 0.29) is 17.5 Å². The molecule has 1 aliphatic rings. The number of carbonyl (C=O) groups is 3. The lowest BCUT2D eigenvalue weighted by molar-refractivity contribution is -0.147. The summed E-state index contributed by atoms with van der Waals surface area (Å²) < 4.78 is 0. The summed E-state index contributed by atoms with van der Waals surface area (Å²) in [6.45, 7) is 7.02. The second-order valence-corrected chi connectivity index (χ2v) is 7.77. The quantitative estimate of drug-likeness (QED) is 0.658. The van der Waals surface area contributed by atoms with Gasteiger partial charge in [-0.3, -0.25) is 14.4 Å². The lowest BCUT2D eigenvalue weighted by Crippen LogP contribution is -2.53. The highest BCUT2D eigenvalue weighted by Gasteiger charge is 2.55. The van der Waals surface area contributed by atoms with Gasteiger partial charge in [0.05, 0.1) is 6.07 Å². The molecule has 1 aliphatic carbocycles. The van der Waals surface area contributed by atoms with Gasteiger partial charge >= 0.3 is 0 Å². The number of carbonyl (C=O) groups excluding carboxylic acids is 3. The van der Waals surface area contributed by atoms with E-state index in [9.17, 15) is 19.6 Å². The molecule has 0 bridgehead atoms. The number of aromatic nitrogens is 1. The zero-order chi connectivity index (χ0) is 19.2. The van der Waals surface area contributed by atoms with E-state index >= 15 is 0 Å². The van der Waals surface area contributed by atoms with Crippen LogP contribution >= 0.6 is 0 Å². The number of H-pyrrole nitrogens is 1. The van der Waals surface area contributed by atoms with E-state index in [4.69, 9.17) is 0 Å². The van der Waals surface area contributed by atoms with Gasteiger partial charge in [-0.2, -0.15) is 5.26 Å². The predicted molar refractivity (Wildman–Crippen MR) is 97.5 cm³/mol. The summed E-state index contributed by atoms with van der Waals surface area (Å²) in [4.78, 5) is 40.9. The molecule has 1 N–H and O–H groups in total. The Bertz CT molecular complexity index is 961. The summed E-state index contributed by atoms with van der Waals surface area (Å²) in [5.41, 5.74) is 1.34. The second kappa shape index (κ2) is 6.21. The Kier molecular flexibility index (Phi) is 4.31. The van der Waals surface area contributed by atoms with Crippen LogP contribution in [0.1, 0.15) is 43.2 Å². The van der Waals surface area contributed by atoms with Crippen molar-refractivity contribution in [3.8, 4) is 6.07 Å². The molecule has 2 aromatic rings. The van der Waals surface area contributed by atoms with Gasteiger partial charge in [0.25, 0.3) is 0 Å². The lowest BCUT2D eigenvalue weighted by atomic mass is 9.51. The highest BCUT2D eigenvalue weighted by atomic mass is 16.2. The van der Waals surface area contributed by atoms with Gasteiger partial charge in [0.1, 0.15) is 5.78 Å². The molecule has 134 valence electrons. The van der Waals surface area contributed by atoms with Gasteiger partial charge in [0.15, 0.2) is 17.5 Å². The Labute approximate surface area is 152 Å². The third-order valence-corrected chi connectivity index (χ3v) is 5.92. The fraction of sp³-hybridized carbons (Fsp3) is 0.429. The van der Waals surface area contributed by atoms with E-state index in [1.165, 1.54) is 6.92 Å². The molecule has 0 spiro atoms. The highest BCUT2D eigenvalue weighted by Crippen LogP contribution is 2.53. The third kappa shape index (κ3) is 2.57. The number of nitrogens with zero attached hydrogens (tertiary/aromatic N) is 1. The number of benzene rings is 1. The summed E-state index contributed by atoms with van der Waals surface area (Å²) in [6.07, 6.45) is 0.416. The van der Waals surface area contributed by atoms with Gasteiger partial charge in [-0.25, -0.2) is 0 Å². The monoisotopic (exact) mass is 350 g/mol. The molecule has 0 radical (unpaired) electrons. The Morgan fingerprint density at radius 2 is 1.88 bits per heavy atom. The standard InChI is InChI=1S/C21H22N2O3/c1-11-18(13-7-5-6-8-17(13)23-11)20(26)14(10-22)19(25)16-9-15(12(2)24)21(16,3)4/h5-8,14-16,23H,9H2,1-4H3/t14?,15-,16+/m0/s1. The number of ketones is 3. The van der Waals surface area contributed by atoms with E-state index in [1.54, 1.807) is 6.92 Å². The average Bonchev–Trinajstić information content (AvgIpc) is 2.89. The number of nitrogens with one attached hydrogen (secondary N) is 1. The van der Waals surface area contributed by atoms with Crippen molar-refractivity contribution in [2.75, 3.05) is 0 Å². The van der Waals surface area contributed by atoms with Crippen molar-refractivity contribution in [3.63, 3.8) is 0 Å². The van der Waals surface area contributed by atoms with Crippen LogP contribution in [0.15, 0.2) is 24.3 Å². The van der Waals surface area contributed by atoms with Gasteiger partial charge in [0.2, 0.25) is 0 Å². The van der Waals surface area contributed by atoms with Crippen molar-refractivity contribution in [2.45, 2.75) is 34.1 Å². The molecule has 5 nitrogen and oxygen atoms in total. The van der Waals surface area contributed by atoms with Crippen LogP contribution in [-0.4, -0.2) is 22.3 Å². The summed E-state index contributed by atoms with van der Waals surface area (Å²) >= 11 is 0. The van der Waals surface area contributed by atoms with Crippen LogP contribution < -0.4 is 0 Å². The smallest absolute Gasteiger partial charge is 0.189 e. The SMILES string of the molecule is CC(=O)[C@@H]1C[C@H](C(=O)C(C#N)C(=O)c2c(C)[nH]c3ccccc23)C1(C)C. The molecule has 1 aromatic carbocycles. The predicted octanol–water partition coefficient (Wildman–Crippen LogP) is 3.62. The molecule has 5 heteroatoms. The van der Waals surface area contributed by atoms with E-state index in [0.29, 0.717) is 17.7 Å². The Balaban J connectivity index is 1.93. The maximum Gasteiger partial charge on any atom is 0.189 e. The molecular formula is C21H22N2O3. The molecule has 1 heterocycles. The zero-order valence-electron chi connectivity index (χ0n) is 15.4. The van der Waals surface area contributed by atoms with Crippen molar-refractivity contribution >= 4 is 28.3 Å². The Morgan fingerprint density at radius 1 is 1.23 bits per heavy atom. The van der Waals surface area contributed by atoms with Crippen LogP contribution in [0.5, 0.6) is 0 Å². The van der Waals surface area contributed by atoms with Crippen molar-refractivity contribution in [1.82, 2.24) is 4.98 Å². The van der Waals surface area contributed by atoms with Crippen molar-refractivity contribution in [3.05, 3.63) is 35.5 Å². The first-order chi connectivity index (χ1) is 12.2. The zero-order valence-corrected chi connectivity index (χ0v) is 15.4. The summed E-state index contributed by atoms with van der Waals surface area (Å²) in [5.74, 6) is -2.77. The average molecular weight is 350 g/mol. The number of aromatic amines is 1. The van der Waals surface area contributed by atoms with Gasteiger partial charge in [-0.15, -0.1) is 0 Å². The number of Topliss-reactive ketones (excluding diaryl/α,β-unsaturated/α-hetero) is 3. The Hall–Kier alpha value is -2.74. The van der Waals surface area contributed by atoms with Crippen LogP contribution in [-0.2, 0) is 9.59 Å².